The van der Waals surface area contributed by atoms with Gasteiger partial charge in [-0.3, -0.25) is 4.98 Å². The molecule has 20 heavy (non-hydrogen) atoms. The van der Waals surface area contributed by atoms with Crippen LogP contribution in [0.25, 0.3) is 10.9 Å². The Balaban J connectivity index is 1.50. The summed E-state index contributed by atoms with van der Waals surface area (Å²) in [5, 5.41) is 5.14. The highest BCUT2D eigenvalue weighted by Crippen LogP contribution is 2.66. The van der Waals surface area contributed by atoms with E-state index in [1.165, 1.54) is 30.3 Å². The number of aryl methyl sites for hydroxylation is 1. The predicted molar refractivity (Wildman–Crippen MR) is 81.7 cm³/mol. The maximum atomic E-state index is 4.64. The lowest BCUT2D eigenvalue weighted by Crippen LogP contribution is -2.13. The van der Waals surface area contributed by atoms with Gasteiger partial charge in [-0.15, -0.1) is 0 Å². The van der Waals surface area contributed by atoms with Gasteiger partial charge in [0.25, 0.3) is 0 Å². The summed E-state index contributed by atoms with van der Waals surface area (Å²) in [4.78, 5) is 4.64. The molecule has 102 valence electrons. The van der Waals surface area contributed by atoms with Crippen molar-refractivity contribution in [2.45, 2.75) is 32.2 Å². The first-order valence-electron chi connectivity index (χ1n) is 7.94. The van der Waals surface area contributed by atoms with Crippen molar-refractivity contribution < 1.29 is 0 Å². The molecule has 4 atom stereocenters. The number of nitrogens with one attached hydrogen (secondary N) is 1. The molecule has 1 aromatic heterocycles. The number of aromatic nitrogens is 1. The Hall–Kier alpha value is -1.57. The molecule has 1 heterocycles. The van der Waals surface area contributed by atoms with Crippen molar-refractivity contribution >= 4 is 16.6 Å². The second-order valence-corrected chi connectivity index (χ2v) is 6.99. The van der Waals surface area contributed by atoms with Gasteiger partial charge in [-0.25, -0.2) is 0 Å². The molecular formula is C18H20N2. The van der Waals surface area contributed by atoms with Crippen LogP contribution >= 0.6 is 0 Å². The van der Waals surface area contributed by atoms with Crippen LogP contribution in [0.5, 0.6) is 0 Å². The molecule has 0 amide bonds. The highest BCUT2D eigenvalue weighted by atomic mass is 15.0. The van der Waals surface area contributed by atoms with Gasteiger partial charge in [-0.1, -0.05) is 18.2 Å². The molecule has 0 saturated heterocycles. The molecule has 3 saturated carbocycles. The van der Waals surface area contributed by atoms with Crippen LogP contribution < -0.4 is 5.32 Å². The van der Waals surface area contributed by atoms with Gasteiger partial charge in [0.2, 0.25) is 0 Å². The van der Waals surface area contributed by atoms with Crippen molar-refractivity contribution in [3.8, 4) is 0 Å². The Kier molecular flexibility index (Phi) is 2.09. The molecule has 2 nitrogen and oxygen atoms in total. The number of para-hydroxylation sites is 1. The Morgan fingerprint density at radius 2 is 1.85 bits per heavy atom. The van der Waals surface area contributed by atoms with E-state index in [0.29, 0.717) is 0 Å². The standard InChI is InChI=1S/C18H20N2/c1-10-8-15(13-4-2-3-5-14(13)19-10)20-18-16-11-6-7-12(9-11)17(16)18/h2-5,8,11-12,16-18H,6-7,9H2,1H3,(H,19,20). The number of benzene rings is 1. The summed E-state index contributed by atoms with van der Waals surface area (Å²) in [6.07, 6.45) is 4.49. The average Bonchev–Trinajstić information content (AvgIpc) is 2.83. The lowest BCUT2D eigenvalue weighted by Gasteiger charge is -2.14. The summed E-state index contributed by atoms with van der Waals surface area (Å²) in [6, 6.07) is 11.5. The van der Waals surface area contributed by atoms with E-state index in [1.807, 2.05) is 0 Å². The number of hydrogen-bond acceptors (Lipinski definition) is 2. The zero-order valence-corrected chi connectivity index (χ0v) is 11.8. The van der Waals surface area contributed by atoms with Crippen LogP contribution in [0.3, 0.4) is 0 Å². The smallest absolute Gasteiger partial charge is 0.0725 e. The normalized spacial score (nSPS) is 37.1. The van der Waals surface area contributed by atoms with Crippen molar-refractivity contribution in [1.82, 2.24) is 4.98 Å². The fraction of sp³-hybridized carbons (Fsp3) is 0.500. The van der Waals surface area contributed by atoms with E-state index in [2.05, 4.69) is 47.6 Å². The molecule has 0 radical (unpaired) electrons. The minimum absolute atomic E-state index is 0.742. The molecule has 3 fully saturated rings. The van der Waals surface area contributed by atoms with Gasteiger partial charge < -0.3 is 5.32 Å². The molecular weight excluding hydrogens is 244 g/mol. The summed E-state index contributed by atoms with van der Waals surface area (Å²) >= 11 is 0. The number of rotatable bonds is 2. The third-order valence-electron chi connectivity index (χ3n) is 5.90. The first-order chi connectivity index (χ1) is 9.81. The monoisotopic (exact) mass is 264 g/mol. The molecule has 1 aromatic carbocycles. The summed E-state index contributed by atoms with van der Waals surface area (Å²) in [5.74, 6) is 4.00. The van der Waals surface area contributed by atoms with E-state index < -0.39 is 0 Å². The summed E-state index contributed by atoms with van der Waals surface area (Å²) in [7, 11) is 0. The van der Waals surface area contributed by atoms with E-state index in [1.54, 1.807) is 0 Å². The van der Waals surface area contributed by atoms with E-state index in [4.69, 9.17) is 0 Å². The third-order valence-corrected chi connectivity index (χ3v) is 5.90. The van der Waals surface area contributed by atoms with Gasteiger partial charge in [0.1, 0.15) is 0 Å². The molecule has 3 aliphatic carbocycles. The van der Waals surface area contributed by atoms with Crippen molar-refractivity contribution in [2.75, 3.05) is 5.32 Å². The van der Waals surface area contributed by atoms with Crippen LogP contribution in [0.4, 0.5) is 5.69 Å². The summed E-state index contributed by atoms with van der Waals surface area (Å²) in [5.41, 5.74) is 3.52. The predicted octanol–water partition coefficient (Wildman–Crippen LogP) is 4.00. The average molecular weight is 264 g/mol. The minimum atomic E-state index is 0.742. The second-order valence-electron chi connectivity index (χ2n) is 6.99. The van der Waals surface area contributed by atoms with E-state index in [0.717, 1.165) is 40.9 Å². The molecule has 4 unspecified atom stereocenters. The van der Waals surface area contributed by atoms with E-state index >= 15 is 0 Å². The fourth-order valence-corrected chi connectivity index (χ4v) is 5.13. The maximum Gasteiger partial charge on any atom is 0.0725 e. The lowest BCUT2D eigenvalue weighted by molar-refractivity contribution is 0.456. The van der Waals surface area contributed by atoms with Crippen molar-refractivity contribution in [2.24, 2.45) is 23.7 Å². The molecule has 0 spiro atoms. The maximum absolute atomic E-state index is 4.64. The van der Waals surface area contributed by atoms with Gasteiger partial charge in [-0.2, -0.15) is 0 Å². The summed E-state index contributed by atoms with van der Waals surface area (Å²) < 4.78 is 0. The van der Waals surface area contributed by atoms with Crippen LogP contribution in [0, 0.1) is 30.6 Å². The summed E-state index contributed by atoms with van der Waals surface area (Å²) in [6.45, 7) is 2.09. The van der Waals surface area contributed by atoms with Crippen molar-refractivity contribution in [1.29, 1.82) is 0 Å². The molecule has 3 aliphatic rings. The highest BCUT2D eigenvalue weighted by molar-refractivity contribution is 5.91. The largest absolute Gasteiger partial charge is 0.381 e. The second kappa shape index (κ2) is 3.75. The first kappa shape index (κ1) is 11.1. The van der Waals surface area contributed by atoms with Crippen LogP contribution in [-0.2, 0) is 0 Å². The van der Waals surface area contributed by atoms with Gasteiger partial charge in [0.15, 0.2) is 0 Å². The van der Waals surface area contributed by atoms with Crippen LogP contribution in [0.2, 0.25) is 0 Å². The quantitative estimate of drug-likeness (QED) is 0.886. The van der Waals surface area contributed by atoms with Gasteiger partial charge in [0, 0.05) is 22.8 Å². The zero-order valence-electron chi connectivity index (χ0n) is 11.8. The van der Waals surface area contributed by atoms with Gasteiger partial charge >= 0.3 is 0 Å². The Labute approximate surface area is 119 Å². The first-order valence-corrected chi connectivity index (χ1v) is 7.94. The van der Waals surface area contributed by atoms with Gasteiger partial charge in [-0.05, 0) is 62.0 Å². The Morgan fingerprint density at radius 1 is 1.10 bits per heavy atom. The van der Waals surface area contributed by atoms with Crippen LogP contribution in [-0.4, -0.2) is 11.0 Å². The Bertz CT molecular complexity index is 677. The molecule has 5 rings (SSSR count). The van der Waals surface area contributed by atoms with Crippen LogP contribution in [0.15, 0.2) is 30.3 Å². The highest BCUT2D eigenvalue weighted by Gasteiger charge is 2.65. The fourth-order valence-electron chi connectivity index (χ4n) is 5.13. The number of anilines is 1. The van der Waals surface area contributed by atoms with Crippen molar-refractivity contribution in [3.63, 3.8) is 0 Å². The minimum Gasteiger partial charge on any atom is -0.381 e. The molecule has 2 heteroatoms. The topological polar surface area (TPSA) is 24.9 Å². The molecule has 0 aliphatic heterocycles. The SMILES string of the molecule is Cc1cc(NC2C3C4CCC(C4)C23)c2ccccc2n1. The zero-order chi connectivity index (χ0) is 13.3. The number of hydrogen-bond donors (Lipinski definition) is 1. The Morgan fingerprint density at radius 3 is 2.65 bits per heavy atom. The number of fused-ring (bicyclic) bond motifs is 6. The number of pyridine rings is 1. The van der Waals surface area contributed by atoms with Gasteiger partial charge in [0.05, 0.1) is 5.52 Å². The van der Waals surface area contributed by atoms with Crippen LogP contribution in [0.1, 0.15) is 25.0 Å². The molecule has 1 N–H and O–H groups in total. The molecule has 2 bridgehead atoms. The third kappa shape index (κ3) is 1.42. The van der Waals surface area contributed by atoms with Crippen molar-refractivity contribution in [3.05, 3.63) is 36.0 Å². The lowest BCUT2D eigenvalue weighted by atomic mass is 10.0. The molecule has 2 aromatic rings. The van der Waals surface area contributed by atoms with E-state index in [-0.39, 0.29) is 0 Å². The number of nitrogens with zero attached hydrogens (tertiary/aromatic N) is 1. The van der Waals surface area contributed by atoms with E-state index in [9.17, 15) is 0 Å².